The fraction of sp³-hybridized carbons (Fsp3) is 0.308. The Balaban J connectivity index is 2.40. The number of benzene rings is 1. The SMILES string of the molecule is COc1cc2nc(CSCC(=O)O)[nH]c(=O)c2cc1OC. The third-order valence-electron chi connectivity index (χ3n) is 2.72. The van der Waals surface area contributed by atoms with Crippen LogP contribution in [0.5, 0.6) is 11.5 Å². The van der Waals surface area contributed by atoms with Crippen LogP contribution in [0, 0.1) is 0 Å². The number of H-pyrrole nitrogens is 1. The molecule has 112 valence electrons. The number of carboxylic acid groups (broad SMARTS) is 1. The van der Waals surface area contributed by atoms with Crippen LogP contribution < -0.4 is 15.0 Å². The van der Waals surface area contributed by atoms with Crippen LogP contribution >= 0.6 is 11.8 Å². The number of carboxylic acids is 1. The van der Waals surface area contributed by atoms with Crippen molar-refractivity contribution in [2.24, 2.45) is 0 Å². The molecule has 2 aromatic rings. The van der Waals surface area contributed by atoms with Crippen molar-refractivity contribution in [2.45, 2.75) is 5.75 Å². The lowest BCUT2D eigenvalue weighted by Crippen LogP contribution is -2.12. The Morgan fingerprint density at radius 2 is 2.00 bits per heavy atom. The summed E-state index contributed by atoms with van der Waals surface area (Å²) in [5.41, 5.74) is 0.175. The molecular weight excluding hydrogens is 296 g/mol. The number of aromatic nitrogens is 2. The average Bonchev–Trinajstić information content (AvgIpc) is 2.45. The standard InChI is InChI=1S/C13H14N2O5S/c1-19-9-3-7-8(4-10(9)20-2)14-11(15-13(7)18)5-21-6-12(16)17/h3-4H,5-6H2,1-2H3,(H,16,17)(H,14,15,18). The molecule has 1 aromatic heterocycles. The first-order valence-corrected chi connectivity index (χ1v) is 7.15. The third-order valence-corrected chi connectivity index (χ3v) is 3.65. The number of carbonyl (C=O) groups is 1. The molecule has 2 rings (SSSR count). The molecule has 0 aliphatic carbocycles. The molecule has 0 saturated heterocycles. The Morgan fingerprint density at radius 1 is 1.33 bits per heavy atom. The van der Waals surface area contributed by atoms with Gasteiger partial charge in [0.05, 0.1) is 36.6 Å². The fourth-order valence-electron chi connectivity index (χ4n) is 1.82. The molecular formula is C13H14N2O5S. The largest absolute Gasteiger partial charge is 0.493 e. The van der Waals surface area contributed by atoms with Crippen LogP contribution in [0.15, 0.2) is 16.9 Å². The summed E-state index contributed by atoms with van der Waals surface area (Å²) in [7, 11) is 2.99. The lowest BCUT2D eigenvalue weighted by Gasteiger charge is -2.09. The van der Waals surface area contributed by atoms with E-state index in [4.69, 9.17) is 14.6 Å². The van der Waals surface area contributed by atoms with E-state index in [9.17, 15) is 9.59 Å². The number of hydrogen-bond acceptors (Lipinski definition) is 6. The molecule has 0 radical (unpaired) electrons. The van der Waals surface area contributed by atoms with Gasteiger partial charge in [-0.2, -0.15) is 0 Å². The third kappa shape index (κ3) is 3.46. The number of rotatable bonds is 6. The molecule has 21 heavy (non-hydrogen) atoms. The van der Waals surface area contributed by atoms with Gasteiger partial charge < -0.3 is 19.6 Å². The summed E-state index contributed by atoms with van der Waals surface area (Å²) in [6, 6.07) is 3.18. The average molecular weight is 310 g/mol. The van der Waals surface area contributed by atoms with Gasteiger partial charge in [0.1, 0.15) is 5.82 Å². The van der Waals surface area contributed by atoms with Gasteiger partial charge in [0.15, 0.2) is 11.5 Å². The minimum Gasteiger partial charge on any atom is -0.493 e. The van der Waals surface area contributed by atoms with E-state index in [-0.39, 0.29) is 11.3 Å². The molecule has 0 spiro atoms. The summed E-state index contributed by atoms with van der Waals surface area (Å²) < 4.78 is 10.3. The number of ether oxygens (including phenoxy) is 2. The zero-order valence-corrected chi connectivity index (χ0v) is 12.3. The van der Waals surface area contributed by atoms with E-state index < -0.39 is 5.97 Å². The summed E-state index contributed by atoms with van der Waals surface area (Å²) in [4.78, 5) is 29.5. The molecule has 0 amide bonds. The molecule has 0 bridgehead atoms. The maximum Gasteiger partial charge on any atom is 0.313 e. The van der Waals surface area contributed by atoms with Gasteiger partial charge in [-0.05, 0) is 6.07 Å². The topological polar surface area (TPSA) is 102 Å². The molecule has 0 aliphatic rings. The summed E-state index contributed by atoms with van der Waals surface area (Å²) >= 11 is 1.16. The Labute approximate surface area is 124 Å². The number of aromatic amines is 1. The van der Waals surface area contributed by atoms with Gasteiger partial charge in [-0.1, -0.05) is 0 Å². The molecule has 0 aliphatic heterocycles. The van der Waals surface area contributed by atoms with Gasteiger partial charge in [0, 0.05) is 6.07 Å². The van der Waals surface area contributed by atoms with Crippen LogP contribution in [0.4, 0.5) is 0 Å². The normalized spacial score (nSPS) is 10.6. The van der Waals surface area contributed by atoms with Gasteiger partial charge in [-0.15, -0.1) is 11.8 Å². The van der Waals surface area contributed by atoms with Gasteiger partial charge in [0.2, 0.25) is 0 Å². The van der Waals surface area contributed by atoms with E-state index >= 15 is 0 Å². The zero-order chi connectivity index (χ0) is 15.4. The van der Waals surface area contributed by atoms with Crippen molar-refractivity contribution in [3.05, 3.63) is 28.3 Å². The van der Waals surface area contributed by atoms with Crippen molar-refractivity contribution < 1.29 is 19.4 Å². The second-order valence-electron chi connectivity index (χ2n) is 4.12. The molecule has 1 heterocycles. The number of hydrogen-bond donors (Lipinski definition) is 2. The van der Waals surface area contributed by atoms with Crippen molar-refractivity contribution in [1.82, 2.24) is 9.97 Å². The van der Waals surface area contributed by atoms with Crippen molar-refractivity contribution in [3.8, 4) is 11.5 Å². The number of fused-ring (bicyclic) bond motifs is 1. The monoisotopic (exact) mass is 310 g/mol. The van der Waals surface area contributed by atoms with Crippen molar-refractivity contribution in [2.75, 3.05) is 20.0 Å². The molecule has 0 saturated carbocycles. The van der Waals surface area contributed by atoms with Gasteiger partial charge >= 0.3 is 5.97 Å². The number of nitrogens with one attached hydrogen (secondary N) is 1. The van der Waals surface area contributed by atoms with Crippen LogP contribution in [0.2, 0.25) is 0 Å². The smallest absolute Gasteiger partial charge is 0.313 e. The summed E-state index contributed by atoms with van der Waals surface area (Å²) in [6.07, 6.45) is 0. The highest BCUT2D eigenvalue weighted by atomic mass is 32.2. The van der Waals surface area contributed by atoms with Gasteiger partial charge in [-0.3, -0.25) is 9.59 Å². The molecule has 1 aromatic carbocycles. The van der Waals surface area contributed by atoms with Crippen molar-refractivity contribution in [3.63, 3.8) is 0 Å². The highest BCUT2D eigenvalue weighted by molar-refractivity contribution is 7.99. The molecule has 8 heteroatoms. The van der Waals surface area contributed by atoms with E-state index in [2.05, 4.69) is 9.97 Å². The Bertz CT molecular complexity index is 728. The van der Waals surface area contributed by atoms with Crippen LogP contribution in [0.1, 0.15) is 5.82 Å². The predicted molar refractivity (Wildman–Crippen MR) is 79.3 cm³/mol. The highest BCUT2D eigenvalue weighted by Gasteiger charge is 2.11. The first-order chi connectivity index (χ1) is 10.0. The van der Waals surface area contributed by atoms with Crippen LogP contribution in [0.3, 0.4) is 0 Å². The van der Waals surface area contributed by atoms with E-state index in [1.54, 1.807) is 12.1 Å². The van der Waals surface area contributed by atoms with E-state index in [1.807, 2.05) is 0 Å². The van der Waals surface area contributed by atoms with Crippen molar-refractivity contribution in [1.29, 1.82) is 0 Å². The second kappa shape index (κ2) is 6.49. The van der Waals surface area contributed by atoms with E-state index in [0.717, 1.165) is 11.8 Å². The number of aliphatic carboxylic acids is 1. The zero-order valence-electron chi connectivity index (χ0n) is 11.5. The highest BCUT2D eigenvalue weighted by Crippen LogP contribution is 2.30. The first-order valence-electron chi connectivity index (χ1n) is 5.99. The van der Waals surface area contributed by atoms with E-state index in [0.29, 0.717) is 34.0 Å². The molecule has 7 nitrogen and oxygen atoms in total. The quantitative estimate of drug-likeness (QED) is 0.828. The summed E-state index contributed by atoms with van der Waals surface area (Å²) in [5, 5.41) is 8.99. The maximum atomic E-state index is 12.0. The Morgan fingerprint density at radius 3 is 2.62 bits per heavy atom. The number of methoxy groups -OCH3 is 2. The van der Waals surface area contributed by atoms with Gasteiger partial charge in [0.25, 0.3) is 5.56 Å². The minimum absolute atomic E-state index is 0.0479. The fourth-order valence-corrected chi connectivity index (χ4v) is 2.42. The lowest BCUT2D eigenvalue weighted by molar-refractivity contribution is -0.133. The van der Waals surface area contributed by atoms with E-state index in [1.165, 1.54) is 14.2 Å². The summed E-state index contributed by atoms with van der Waals surface area (Å²) in [5.74, 6) is 0.706. The number of thioether (sulfide) groups is 1. The maximum absolute atomic E-state index is 12.0. The molecule has 0 atom stereocenters. The number of nitrogens with zero attached hydrogens (tertiary/aromatic N) is 1. The van der Waals surface area contributed by atoms with Crippen LogP contribution in [0.25, 0.3) is 10.9 Å². The Kier molecular flexibility index (Phi) is 4.69. The van der Waals surface area contributed by atoms with Crippen LogP contribution in [-0.2, 0) is 10.5 Å². The van der Waals surface area contributed by atoms with Crippen LogP contribution in [-0.4, -0.2) is 41.0 Å². The Hall–Kier alpha value is -2.22. The second-order valence-corrected chi connectivity index (χ2v) is 5.11. The van der Waals surface area contributed by atoms with Crippen molar-refractivity contribution >= 4 is 28.6 Å². The molecule has 0 fully saturated rings. The molecule has 0 unspecified atom stereocenters. The first kappa shape index (κ1) is 15.2. The lowest BCUT2D eigenvalue weighted by atomic mass is 10.2. The minimum atomic E-state index is -0.908. The molecule has 2 N–H and O–H groups in total. The van der Waals surface area contributed by atoms with Gasteiger partial charge in [-0.25, -0.2) is 4.98 Å². The predicted octanol–water partition coefficient (Wildman–Crippen LogP) is 1.26. The summed E-state index contributed by atoms with van der Waals surface area (Å²) in [6.45, 7) is 0.